The molecule has 2 aliphatic rings. The van der Waals surface area contributed by atoms with Crippen LogP contribution in [0, 0.1) is 6.92 Å². The maximum Gasteiger partial charge on any atom is 0.255 e. The van der Waals surface area contributed by atoms with Crippen LogP contribution < -0.4 is 14.8 Å². The first-order chi connectivity index (χ1) is 23.1. The fourth-order valence-corrected chi connectivity index (χ4v) is 6.60. The molecule has 1 saturated heterocycles. The zero-order chi connectivity index (χ0) is 32.4. The van der Waals surface area contributed by atoms with Crippen molar-refractivity contribution in [3.05, 3.63) is 95.4 Å². The zero-order valence-corrected chi connectivity index (χ0v) is 27.7. The summed E-state index contributed by atoms with van der Waals surface area (Å²) in [4.78, 5) is 25.3. The number of aryl methyl sites for hydroxylation is 2. The molecular formula is C39H46N4O4. The fraction of sp³-hybridized carbons (Fsp3) is 0.410. The topological polar surface area (TPSA) is 85.8 Å². The molecule has 1 saturated carbocycles. The van der Waals surface area contributed by atoms with Gasteiger partial charge in [-0.15, -0.1) is 0 Å². The van der Waals surface area contributed by atoms with E-state index in [4.69, 9.17) is 14.2 Å². The lowest BCUT2D eigenvalue weighted by Crippen LogP contribution is -2.36. The highest BCUT2D eigenvalue weighted by Crippen LogP contribution is 2.37. The number of aromatic nitrogens is 2. The Morgan fingerprint density at radius 3 is 2.62 bits per heavy atom. The van der Waals surface area contributed by atoms with Crippen molar-refractivity contribution in [2.24, 2.45) is 0 Å². The zero-order valence-electron chi connectivity index (χ0n) is 27.7. The van der Waals surface area contributed by atoms with Crippen LogP contribution in [0.4, 0.5) is 5.69 Å². The molecule has 246 valence electrons. The van der Waals surface area contributed by atoms with Crippen LogP contribution in [-0.4, -0.2) is 60.7 Å². The van der Waals surface area contributed by atoms with Gasteiger partial charge in [0.2, 0.25) is 5.88 Å². The lowest BCUT2D eigenvalue weighted by Gasteiger charge is -2.26. The smallest absolute Gasteiger partial charge is 0.255 e. The Kier molecular flexibility index (Phi) is 11.1. The van der Waals surface area contributed by atoms with E-state index in [0.29, 0.717) is 34.5 Å². The predicted octanol–water partition coefficient (Wildman–Crippen LogP) is 8.21. The Morgan fingerprint density at radius 1 is 0.936 bits per heavy atom. The van der Waals surface area contributed by atoms with Crippen molar-refractivity contribution in [1.82, 2.24) is 14.9 Å². The predicted molar refractivity (Wildman–Crippen MR) is 186 cm³/mol. The number of morpholine rings is 1. The molecule has 0 spiro atoms. The second-order valence-corrected chi connectivity index (χ2v) is 12.6. The second-order valence-electron chi connectivity index (χ2n) is 12.6. The summed E-state index contributed by atoms with van der Waals surface area (Å²) in [7, 11) is 1.63. The van der Waals surface area contributed by atoms with E-state index in [0.717, 1.165) is 74.5 Å². The summed E-state index contributed by atoms with van der Waals surface area (Å²) in [6, 6.07) is 19.7. The largest absolute Gasteiger partial charge is 0.495 e. The lowest BCUT2D eigenvalue weighted by molar-refractivity contribution is 0.0372. The fourth-order valence-electron chi connectivity index (χ4n) is 6.60. The average Bonchev–Trinajstić information content (AvgIpc) is 3.12. The number of pyridine rings is 2. The third-order valence-corrected chi connectivity index (χ3v) is 9.36. The van der Waals surface area contributed by atoms with E-state index < -0.39 is 0 Å². The first kappa shape index (κ1) is 32.7. The minimum absolute atomic E-state index is 0.220. The molecule has 1 N–H and O–H groups in total. The molecule has 6 rings (SSSR count). The Morgan fingerprint density at radius 2 is 1.79 bits per heavy atom. The molecule has 3 heterocycles. The second kappa shape index (κ2) is 16.0. The molecule has 0 radical (unpaired) electrons. The quantitative estimate of drug-likeness (QED) is 0.157. The van der Waals surface area contributed by atoms with Crippen molar-refractivity contribution in [2.45, 2.75) is 64.2 Å². The van der Waals surface area contributed by atoms with E-state index in [9.17, 15) is 4.79 Å². The summed E-state index contributed by atoms with van der Waals surface area (Å²) in [5.74, 6) is 2.02. The van der Waals surface area contributed by atoms with Gasteiger partial charge in [0.25, 0.3) is 5.91 Å². The molecule has 1 aliphatic heterocycles. The molecule has 0 atom stereocenters. The van der Waals surface area contributed by atoms with Crippen molar-refractivity contribution < 1.29 is 19.0 Å². The lowest BCUT2D eigenvalue weighted by atomic mass is 9.84. The third kappa shape index (κ3) is 8.56. The van der Waals surface area contributed by atoms with E-state index >= 15 is 0 Å². The van der Waals surface area contributed by atoms with Gasteiger partial charge in [-0.2, -0.15) is 0 Å². The summed E-state index contributed by atoms with van der Waals surface area (Å²) in [6.45, 7) is 6.78. The number of carbonyl (C=O) groups excluding carboxylic acids is 1. The van der Waals surface area contributed by atoms with Gasteiger partial charge in [0, 0.05) is 42.3 Å². The number of hydrogen-bond acceptors (Lipinski definition) is 7. The van der Waals surface area contributed by atoms with Gasteiger partial charge in [0.05, 0.1) is 26.0 Å². The summed E-state index contributed by atoms with van der Waals surface area (Å²) in [5, 5.41) is 3.10. The first-order valence-corrected chi connectivity index (χ1v) is 17.1. The van der Waals surface area contributed by atoms with Crippen molar-refractivity contribution >= 4 is 11.6 Å². The summed E-state index contributed by atoms with van der Waals surface area (Å²) in [6.07, 6.45) is 12.9. The number of carbonyl (C=O) groups is 1. The van der Waals surface area contributed by atoms with Crippen LogP contribution in [0.25, 0.3) is 11.1 Å². The molecule has 1 aliphatic carbocycles. The van der Waals surface area contributed by atoms with Gasteiger partial charge in [0.15, 0.2) is 0 Å². The Bertz CT molecular complexity index is 1650. The molecule has 47 heavy (non-hydrogen) atoms. The van der Waals surface area contributed by atoms with Crippen LogP contribution in [0.5, 0.6) is 17.4 Å². The van der Waals surface area contributed by atoms with Crippen LogP contribution in [0.1, 0.15) is 78.0 Å². The highest BCUT2D eigenvalue weighted by molar-refractivity contribution is 6.05. The number of unbranched alkanes of at least 4 members (excludes halogenated alkanes) is 1. The van der Waals surface area contributed by atoms with Crippen LogP contribution in [0.15, 0.2) is 73.1 Å². The van der Waals surface area contributed by atoms with Gasteiger partial charge >= 0.3 is 0 Å². The van der Waals surface area contributed by atoms with E-state index in [1.165, 1.54) is 37.7 Å². The van der Waals surface area contributed by atoms with E-state index in [1.54, 1.807) is 19.4 Å². The first-order valence-electron chi connectivity index (χ1n) is 17.1. The molecule has 1 amide bonds. The number of benzene rings is 2. The van der Waals surface area contributed by atoms with Crippen LogP contribution >= 0.6 is 0 Å². The SMILES string of the molecule is COc1ccc(C2CCCCC2)cc1NC(=O)c1ccc(C)c(Oc2ncccc2-c2ccnc(CCCCN3CCOCC3)c2)c1. The number of nitrogens with zero attached hydrogens (tertiary/aromatic N) is 3. The van der Waals surface area contributed by atoms with Gasteiger partial charge in [-0.05, 0) is 117 Å². The monoisotopic (exact) mass is 634 g/mol. The van der Waals surface area contributed by atoms with E-state index in [-0.39, 0.29) is 5.91 Å². The standard InChI is InChI=1S/C39H46N4O4/c1-28-13-14-32(38(44)42-35-26-30(15-16-36(35)45-2)29-9-4-3-5-10-29)27-37(28)47-39-34(12-8-18-41-39)31-17-19-40-33(25-31)11-6-7-20-43-21-23-46-24-22-43/h8,12-19,25-27,29H,3-7,9-11,20-24H2,1-2H3,(H,42,44). The summed E-state index contributed by atoms with van der Waals surface area (Å²) < 4.78 is 17.5. The Hall–Kier alpha value is -4.27. The number of anilines is 1. The maximum absolute atomic E-state index is 13.6. The van der Waals surface area contributed by atoms with Crippen molar-refractivity contribution in [3.8, 4) is 28.5 Å². The third-order valence-electron chi connectivity index (χ3n) is 9.36. The average molecular weight is 635 g/mol. The van der Waals surface area contributed by atoms with Gasteiger partial charge < -0.3 is 19.5 Å². The Balaban J connectivity index is 1.15. The van der Waals surface area contributed by atoms with Crippen LogP contribution in [0.3, 0.4) is 0 Å². The number of nitrogens with one attached hydrogen (secondary N) is 1. The molecule has 2 aromatic carbocycles. The van der Waals surface area contributed by atoms with Crippen molar-refractivity contribution in [3.63, 3.8) is 0 Å². The van der Waals surface area contributed by atoms with Crippen LogP contribution in [0.2, 0.25) is 0 Å². The molecular weight excluding hydrogens is 588 g/mol. The van der Waals surface area contributed by atoms with E-state index in [1.807, 2.05) is 49.5 Å². The van der Waals surface area contributed by atoms with Crippen LogP contribution in [-0.2, 0) is 11.2 Å². The van der Waals surface area contributed by atoms with Gasteiger partial charge in [-0.3, -0.25) is 14.7 Å². The van der Waals surface area contributed by atoms with E-state index in [2.05, 4.69) is 38.4 Å². The molecule has 8 heteroatoms. The molecule has 4 aromatic rings. The van der Waals surface area contributed by atoms with Crippen molar-refractivity contribution in [1.29, 1.82) is 0 Å². The van der Waals surface area contributed by atoms with Gasteiger partial charge in [0.1, 0.15) is 11.5 Å². The number of methoxy groups -OCH3 is 1. The summed E-state index contributed by atoms with van der Waals surface area (Å²) in [5.41, 5.74) is 6.28. The highest BCUT2D eigenvalue weighted by Gasteiger charge is 2.19. The minimum Gasteiger partial charge on any atom is -0.495 e. The van der Waals surface area contributed by atoms with Crippen molar-refractivity contribution in [2.75, 3.05) is 45.3 Å². The number of ether oxygens (including phenoxy) is 3. The highest BCUT2D eigenvalue weighted by atomic mass is 16.5. The minimum atomic E-state index is -0.220. The number of hydrogen-bond donors (Lipinski definition) is 1. The summed E-state index contributed by atoms with van der Waals surface area (Å²) >= 11 is 0. The molecule has 8 nitrogen and oxygen atoms in total. The number of amides is 1. The Labute approximate surface area is 278 Å². The normalized spacial score (nSPS) is 15.7. The molecule has 2 fully saturated rings. The molecule has 0 bridgehead atoms. The van der Waals surface area contributed by atoms with Gasteiger partial charge in [-0.1, -0.05) is 31.4 Å². The van der Waals surface area contributed by atoms with Gasteiger partial charge in [-0.25, -0.2) is 4.98 Å². The molecule has 0 unspecified atom stereocenters. The number of rotatable bonds is 12. The maximum atomic E-state index is 13.6. The molecule has 2 aromatic heterocycles.